The van der Waals surface area contributed by atoms with Crippen molar-refractivity contribution in [1.82, 2.24) is 10.2 Å². The molecule has 24 heavy (non-hydrogen) atoms. The van der Waals surface area contributed by atoms with Gasteiger partial charge in [0, 0.05) is 38.8 Å². The van der Waals surface area contributed by atoms with Gasteiger partial charge in [-0.15, -0.1) is 0 Å². The van der Waals surface area contributed by atoms with E-state index >= 15 is 0 Å². The Bertz CT molecular complexity index is 520. The molecule has 1 heterocycles. The number of benzene rings is 1. The Labute approximate surface area is 143 Å². The van der Waals surface area contributed by atoms with Gasteiger partial charge in [0.25, 0.3) is 0 Å². The fourth-order valence-corrected chi connectivity index (χ4v) is 3.14. The molecule has 1 aliphatic rings. The van der Waals surface area contributed by atoms with Gasteiger partial charge in [-0.3, -0.25) is 0 Å². The predicted octanol–water partition coefficient (Wildman–Crippen LogP) is 2.02. The molecule has 2 amide bonds. The number of amides is 2. The fourth-order valence-electron chi connectivity index (χ4n) is 3.14. The lowest BCUT2D eigenvalue weighted by molar-refractivity contribution is 0.0200. The molecule has 6 heteroatoms. The standard InChI is InChI=1S/C18H28N2O4/c1-23-11-9-18(14-21)8-3-10-20(13-18)17(22)19-12-15-4-6-16(24-2)7-5-15/h4-7,21H,3,8-14H2,1-2H3,(H,19,22). The number of nitrogens with one attached hydrogen (secondary N) is 1. The number of aliphatic hydroxyl groups is 1. The molecule has 0 aromatic heterocycles. The largest absolute Gasteiger partial charge is 0.497 e. The summed E-state index contributed by atoms with van der Waals surface area (Å²) in [6.45, 7) is 2.45. The lowest BCUT2D eigenvalue weighted by Gasteiger charge is -2.41. The van der Waals surface area contributed by atoms with E-state index in [0.29, 0.717) is 19.7 Å². The minimum absolute atomic E-state index is 0.0820. The summed E-state index contributed by atoms with van der Waals surface area (Å²) < 4.78 is 10.3. The summed E-state index contributed by atoms with van der Waals surface area (Å²) >= 11 is 0. The number of methoxy groups -OCH3 is 2. The molecule has 0 spiro atoms. The van der Waals surface area contributed by atoms with Gasteiger partial charge >= 0.3 is 6.03 Å². The van der Waals surface area contributed by atoms with Crippen molar-refractivity contribution >= 4 is 6.03 Å². The van der Waals surface area contributed by atoms with Gasteiger partial charge in [-0.25, -0.2) is 4.79 Å². The summed E-state index contributed by atoms with van der Waals surface area (Å²) in [5, 5.41) is 12.8. The second-order valence-corrected chi connectivity index (χ2v) is 6.43. The van der Waals surface area contributed by atoms with Crippen LogP contribution in [0.3, 0.4) is 0 Å². The Balaban J connectivity index is 1.88. The fraction of sp³-hybridized carbons (Fsp3) is 0.611. The number of carbonyl (C=O) groups is 1. The molecule has 0 radical (unpaired) electrons. The molecule has 0 bridgehead atoms. The first-order chi connectivity index (χ1) is 11.6. The van der Waals surface area contributed by atoms with Crippen molar-refractivity contribution in [3.05, 3.63) is 29.8 Å². The lowest BCUT2D eigenvalue weighted by Crippen LogP contribution is -2.51. The molecule has 1 fully saturated rings. The van der Waals surface area contributed by atoms with E-state index in [1.54, 1.807) is 19.1 Å². The Morgan fingerprint density at radius 1 is 1.33 bits per heavy atom. The minimum atomic E-state index is -0.244. The normalized spacial score (nSPS) is 20.7. The van der Waals surface area contributed by atoms with Gasteiger partial charge in [0.1, 0.15) is 5.75 Å². The number of aliphatic hydroxyl groups excluding tert-OH is 1. The summed E-state index contributed by atoms with van der Waals surface area (Å²) in [6.07, 6.45) is 2.59. The van der Waals surface area contributed by atoms with Crippen LogP contribution in [0, 0.1) is 5.41 Å². The second-order valence-electron chi connectivity index (χ2n) is 6.43. The highest BCUT2D eigenvalue weighted by Gasteiger charge is 2.36. The van der Waals surface area contributed by atoms with Crippen LogP contribution in [0.15, 0.2) is 24.3 Å². The van der Waals surface area contributed by atoms with Crippen LogP contribution < -0.4 is 10.1 Å². The first kappa shape index (κ1) is 18.5. The van der Waals surface area contributed by atoms with Crippen LogP contribution in [0.1, 0.15) is 24.8 Å². The molecule has 0 aliphatic carbocycles. The van der Waals surface area contributed by atoms with Crippen molar-refractivity contribution in [2.24, 2.45) is 5.41 Å². The highest BCUT2D eigenvalue weighted by molar-refractivity contribution is 5.74. The van der Waals surface area contributed by atoms with Crippen LogP contribution in [-0.2, 0) is 11.3 Å². The maximum Gasteiger partial charge on any atom is 0.317 e. The number of urea groups is 1. The van der Waals surface area contributed by atoms with Crippen LogP contribution in [0.4, 0.5) is 4.79 Å². The van der Waals surface area contributed by atoms with Gasteiger partial charge in [0.15, 0.2) is 0 Å². The Kier molecular flexibility index (Phi) is 6.87. The SMILES string of the molecule is COCCC1(CO)CCCN(C(=O)NCc2ccc(OC)cc2)C1. The highest BCUT2D eigenvalue weighted by Crippen LogP contribution is 2.33. The molecule has 1 aliphatic heterocycles. The topological polar surface area (TPSA) is 71.0 Å². The number of likely N-dealkylation sites (tertiary alicyclic amines) is 1. The maximum absolute atomic E-state index is 12.4. The van der Waals surface area contributed by atoms with Gasteiger partial charge in [-0.1, -0.05) is 12.1 Å². The molecule has 2 rings (SSSR count). The van der Waals surface area contributed by atoms with Gasteiger partial charge < -0.3 is 24.8 Å². The summed E-state index contributed by atoms with van der Waals surface area (Å²) in [5.41, 5.74) is 0.778. The van der Waals surface area contributed by atoms with E-state index < -0.39 is 0 Å². The van der Waals surface area contributed by atoms with Gasteiger partial charge in [-0.05, 0) is 37.0 Å². The third kappa shape index (κ3) is 4.85. The molecule has 1 atom stereocenters. The molecular formula is C18H28N2O4. The average molecular weight is 336 g/mol. The van der Waals surface area contributed by atoms with Crippen LogP contribution in [0.2, 0.25) is 0 Å². The molecule has 1 saturated heterocycles. The number of piperidine rings is 1. The van der Waals surface area contributed by atoms with Gasteiger partial charge in [0.05, 0.1) is 13.7 Å². The van der Waals surface area contributed by atoms with Crippen LogP contribution in [0.5, 0.6) is 5.75 Å². The molecule has 0 saturated carbocycles. The second kappa shape index (κ2) is 8.89. The molecular weight excluding hydrogens is 308 g/mol. The van der Waals surface area contributed by atoms with E-state index in [9.17, 15) is 9.90 Å². The van der Waals surface area contributed by atoms with E-state index in [0.717, 1.165) is 37.1 Å². The Morgan fingerprint density at radius 2 is 2.08 bits per heavy atom. The number of ether oxygens (including phenoxy) is 2. The van der Waals surface area contributed by atoms with Crippen molar-refractivity contribution in [2.75, 3.05) is 40.5 Å². The van der Waals surface area contributed by atoms with E-state index in [2.05, 4.69) is 5.32 Å². The summed E-state index contributed by atoms with van der Waals surface area (Å²) in [4.78, 5) is 14.3. The third-order valence-corrected chi connectivity index (χ3v) is 4.72. The monoisotopic (exact) mass is 336 g/mol. The van der Waals surface area contributed by atoms with Gasteiger partial charge in [-0.2, -0.15) is 0 Å². The molecule has 1 unspecified atom stereocenters. The van der Waals surface area contributed by atoms with Crippen molar-refractivity contribution in [1.29, 1.82) is 0 Å². The predicted molar refractivity (Wildman–Crippen MR) is 92.0 cm³/mol. The van der Waals surface area contributed by atoms with Crippen LogP contribution in [-0.4, -0.2) is 56.6 Å². The Hall–Kier alpha value is -1.79. The number of hydrogen-bond donors (Lipinski definition) is 2. The van der Waals surface area contributed by atoms with Crippen molar-refractivity contribution < 1.29 is 19.4 Å². The summed E-state index contributed by atoms with van der Waals surface area (Å²) in [7, 11) is 3.29. The van der Waals surface area contributed by atoms with Crippen molar-refractivity contribution in [3.8, 4) is 5.75 Å². The zero-order chi connectivity index (χ0) is 17.4. The van der Waals surface area contributed by atoms with Crippen LogP contribution >= 0.6 is 0 Å². The first-order valence-corrected chi connectivity index (χ1v) is 8.38. The number of carbonyl (C=O) groups excluding carboxylic acids is 1. The number of nitrogens with zero attached hydrogens (tertiary/aromatic N) is 1. The maximum atomic E-state index is 12.4. The summed E-state index contributed by atoms with van der Waals surface area (Å²) in [6, 6.07) is 7.55. The molecule has 2 N–H and O–H groups in total. The molecule has 6 nitrogen and oxygen atoms in total. The highest BCUT2D eigenvalue weighted by atomic mass is 16.5. The van der Waals surface area contributed by atoms with Crippen LogP contribution in [0.25, 0.3) is 0 Å². The smallest absolute Gasteiger partial charge is 0.317 e. The van der Waals surface area contributed by atoms with Gasteiger partial charge in [0.2, 0.25) is 0 Å². The first-order valence-electron chi connectivity index (χ1n) is 8.38. The van der Waals surface area contributed by atoms with E-state index in [1.165, 1.54) is 0 Å². The Morgan fingerprint density at radius 3 is 2.71 bits per heavy atom. The zero-order valence-electron chi connectivity index (χ0n) is 14.6. The lowest BCUT2D eigenvalue weighted by atomic mass is 9.78. The van der Waals surface area contributed by atoms with E-state index in [-0.39, 0.29) is 18.1 Å². The number of hydrogen-bond acceptors (Lipinski definition) is 4. The number of rotatable bonds is 7. The minimum Gasteiger partial charge on any atom is -0.497 e. The zero-order valence-corrected chi connectivity index (χ0v) is 14.6. The molecule has 1 aromatic carbocycles. The third-order valence-electron chi connectivity index (χ3n) is 4.72. The molecule has 134 valence electrons. The van der Waals surface area contributed by atoms with Crippen molar-refractivity contribution in [2.45, 2.75) is 25.8 Å². The quantitative estimate of drug-likeness (QED) is 0.799. The van der Waals surface area contributed by atoms with E-state index in [4.69, 9.17) is 9.47 Å². The van der Waals surface area contributed by atoms with E-state index in [1.807, 2.05) is 24.3 Å². The summed E-state index contributed by atoms with van der Waals surface area (Å²) in [5.74, 6) is 0.798. The van der Waals surface area contributed by atoms with Crippen molar-refractivity contribution in [3.63, 3.8) is 0 Å². The molecule has 1 aromatic rings. The average Bonchev–Trinajstić information content (AvgIpc) is 2.65.